The van der Waals surface area contributed by atoms with Gasteiger partial charge >= 0.3 is 0 Å². The van der Waals surface area contributed by atoms with Gasteiger partial charge in [-0.05, 0) is 42.9 Å². The van der Waals surface area contributed by atoms with E-state index in [2.05, 4.69) is 51.1 Å². The minimum absolute atomic E-state index is 0.301. The summed E-state index contributed by atoms with van der Waals surface area (Å²) in [6, 6.07) is 10.6. The van der Waals surface area contributed by atoms with Crippen molar-refractivity contribution in [2.24, 2.45) is 5.41 Å². The molecule has 6 rings (SSSR count). The normalized spacial score (nSPS) is 24.7. The van der Waals surface area contributed by atoms with Crippen molar-refractivity contribution >= 4 is 23.2 Å². The topological polar surface area (TPSA) is 61.8 Å². The summed E-state index contributed by atoms with van der Waals surface area (Å²) >= 11 is 0. The molecule has 7 heteroatoms. The van der Waals surface area contributed by atoms with Gasteiger partial charge < -0.3 is 19.4 Å². The van der Waals surface area contributed by atoms with Crippen molar-refractivity contribution < 1.29 is 9.53 Å². The van der Waals surface area contributed by atoms with E-state index in [1.54, 1.807) is 0 Å². The molecule has 3 aliphatic heterocycles. The number of aryl methyl sites for hydroxylation is 1. The molecule has 1 amide bonds. The van der Waals surface area contributed by atoms with Crippen molar-refractivity contribution in [3.05, 3.63) is 53.2 Å². The van der Waals surface area contributed by atoms with Crippen LogP contribution in [0.5, 0.6) is 0 Å². The van der Waals surface area contributed by atoms with E-state index < -0.39 is 0 Å². The van der Waals surface area contributed by atoms with Gasteiger partial charge in [0.05, 0.1) is 18.6 Å². The van der Waals surface area contributed by atoms with Crippen molar-refractivity contribution in [2.75, 3.05) is 62.3 Å². The Morgan fingerprint density at radius 2 is 1.85 bits per heavy atom. The van der Waals surface area contributed by atoms with Gasteiger partial charge in [0.2, 0.25) is 11.9 Å². The predicted octanol–water partition coefficient (Wildman–Crippen LogP) is 2.69. The molecule has 1 spiro atoms. The van der Waals surface area contributed by atoms with Crippen molar-refractivity contribution in [3.63, 3.8) is 0 Å². The quantitative estimate of drug-likeness (QED) is 0.721. The van der Waals surface area contributed by atoms with Gasteiger partial charge in [-0.2, -0.15) is 4.98 Å². The van der Waals surface area contributed by atoms with Gasteiger partial charge in [-0.15, -0.1) is 0 Å². The van der Waals surface area contributed by atoms with E-state index in [1.807, 2.05) is 6.92 Å². The highest BCUT2D eigenvalue weighted by Crippen LogP contribution is 2.42. The predicted molar refractivity (Wildman–Crippen MR) is 128 cm³/mol. The number of amides is 1. The number of fused-ring (bicyclic) bond motifs is 1. The average Bonchev–Trinajstić information content (AvgIpc) is 3.54. The molecule has 0 radical (unpaired) electrons. The molecule has 1 atom stereocenters. The minimum Gasteiger partial charge on any atom is -0.378 e. The summed E-state index contributed by atoms with van der Waals surface area (Å²) in [4.78, 5) is 29.8. The molecule has 33 heavy (non-hydrogen) atoms. The Hall–Kier alpha value is -2.93. The fraction of sp³-hybridized carbons (Fsp3) is 0.500. The largest absolute Gasteiger partial charge is 0.378 e. The summed E-state index contributed by atoms with van der Waals surface area (Å²) in [5.41, 5.74) is 4.64. The number of ether oxygens (including phenoxy) is 1. The number of likely N-dealkylation sites (tertiary alicyclic amines) is 1. The molecule has 4 heterocycles. The van der Waals surface area contributed by atoms with Crippen LogP contribution >= 0.6 is 0 Å². The van der Waals surface area contributed by atoms with E-state index >= 15 is 0 Å². The molecule has 3 saturated heterocycles. The van der Waals surface area contributed by atoms with Gasteiger partial charge in [-0.25, -0.2) is 4.98 Å². The smallest absolute Gasteiger partial charge is 0.231 e. The number of hydrogen-bond acceptors (Lipinski definition) is 6. The third-order valence-electron chi connectivity index (χ3n) is 7.69. The number of aromatic nitrogens is 2. The molecule has 7 nitrogen and oxygen atoms in total. The monoisotopic (exact) mass is 445 g/mol. The van der Waals surface area contributed by atoms with Crippen LogP contribution in [0.4, 0.5) is 11.8 Å². The lowest BCUT2D eigenvalue weighted by Gasteiger charge is -2.29. The zero-order valence-corrected chi connectivity index (χ0v) is 19.3. The van der Waals surface area contributed by atoms with Crippen LogP contribution in [-0.2, 0) is 16.0 Å². The maximum absolute atomic E-state index is 13.6. The molecule has 0 N–H and O–H groups in total. The number of hydrogen-bond donors (Lipinski definition) is 0. The van der Waals surface area contributed by atoms with Crippen LogP contribution in [0.2, 0.25) is 0 Å². The van der Waals surface area contributed by atoms with Crippen molar-refractivity contribution in [3.8, 4) is 0 Å². The highest BCUT2D eigenvalue weighted by Gasteiger charge is 2.51. The minimum atomic E-state index is -0.301. The molecule has 0 saturated carbocycles. The fourth-order valence-corrected chi connectivity index (χ4v) is 5.81. The van der Waals surface area contributed by atoms with Crippen LogP contribution in [0, 0.1) is 12.3 Å². The highest BCUT2D eigenvalue weighted by atomic mass is 16.5. The second-order valence-corrected chi connectivity index (χ2v) is 9.79. The lowest BCUT2D eigenvalue weighted by atomic mass is 9.85. The Bertz CT molecular complexity index is 1110. The van der Waals surface area contributed by atoms with E-state index in [9.17, 15) is 4.79 Å². The lowest BCUT2D eigenvalue weighted by molar-refractivity contribution is -0.134. The Morgan fingerprint density at radius 1 is 1.03 bits per heavy atom. The number of rotatable bonds is 4. The van der Waals surface area contributed by atoms with E-state index in [0.29, 0.717) is 12.5 Å². The Kier molecular flexibility index (Phi) is 5.09. The number of anilines is 2. The first-order valence-electron chi connectivity index (χ1n) is 12.1. The van der Waals surface area contributed by atoms with Gasteiger partial charge in [0.1, 0.15) is 5.82 Å². The summed E-state index contributed by atoms with van der Waals surface area (Å²) in [5, 5.41) is 0. The Balaban J connectivity index is 1.17. The molecule has 1 aliphatic carbocycles. The Morgan fingerprint density at radius 3 is 2.73 bits per heavy atom. The second-order valence-electron chi connectivity index (χ2n) is 9.79. The highest BCUT2D eigenvalue weighted by molar-refractivity contribution is 5.88. The zero-order valence-electron chi connectivity index (χ0n) is 19.3. The van der Waals surface area contributed by atoms with Gasteiger partial charge in [-0.3, -0.25) is 4.79 Å². The van der Waals surface area contributed by atoms with Crippen LogP contribution in [0.1, 0.15) is 29.7 Å². The van der Waals surface area contributed by atoms with Gasteiger partial charge in [0, 0.05) is 51.0 Å². The van der Waals surface area contributed by atoms with Crippen LogP contribution in [-0.4, -0.2) is 73.3 Å². The molecular weight excluding hydrogens is 414 g/mol. The molecular formula is C26H31N5O2. The number of benzene rings is 1. The molecule has 1 aromatic heterocycles. The zero-order chi connectivity index (χ0) is 22.4. The van der Waals surface area contributed by atoms with E-state index in [-0.39, 0.29) is 5.41 Å². The van der Waals surface area contributed by atoms with Crippen LogP contribution in [0.25, 0.3) is 5.57 Å². The summed E-state index contributed by atoms with van der Waals surface area (Å²) in [5.74, 6) is 2.02. The first-order chi connectivity index (χ1) is 16.1. The van der Waals surface area contributed by atoms with Crippen molar-refractivity contribution in [1.29, 1.82) is 0 Å². The summed E-state index contributed by atoms with van der Waals surface area (Å²) in [6.07, 6.45) is 5.06. The summed E-state index contributed by atoms with van der Waals surface area (Å²) in [7, 11) is 0. The molecule has 2 aromatic rings. The lowest BCUT2D eigenvalue weighted by Crippen LogP contribution is -2.38. The maximum Gasteiger partial charge on any atom is 0.231 e. The molecule has 0 bridgehead atoms. The van der Waals surface area contributed by atoms with Crippen molar-refractivity contribution in [2.45, 2.75) is 26.2 Å². The van der Waals surface area contributed by atoms with Crippen LogP contribution in [0.15, 0.2) is 36.4 Å². The van der Waals surface area contributed by atoms with Crippen LogP contribution < -0.4 is 9.80 Å². The summed E-state index contributed by atoms with van der Waals surface area (Å²) in [6.45, 7) is 8.29. The SMILES string of the molecule is Cc1cc(N2CCOCC2)nc(N2CCC3(CCN(CC4=CCc5ccccc54)C3=O)C2)n1. The van der Waals surface area contributed by atoms with Gasteiger partial charge in [-0.1, -0.05) is 30.3 Å². The molecule has 172 valence electrons. The standard InChI is InChI=1S/C26H31N5O2/c1-19-16-23(29-12-14-33-15-13-29)28-25(27-19)31-11-9-26(18-31)8-10-30(24(26)32)17-21-7-6-20-4-2-3-5-22(20)21/h2-5,7,16H,6,8-15,17-18H2,1H3. The number of allylic oxidation sites excluding steroid dienone is 1. The second kappa shape index (κ2) is 8.13. The summed E-state index contributed by atoms with van der Waals surface area (Å²) < 4.78 is 5.49. The van der Waals surface area contributed by atoms with E-state index in [4.69, 9.17) is 14.7 Å². The first-order valence-corrected chi connectivity index (χ1v) is 12.1. The number of carbonyl (C=O) groups excluding carboxylic acids is 1. The van der Waals surface area contributed by atoms with Crippen LogP contribution in [0.3, 0.4) is 0 Å². The molecule has 3 fully saturated rings. The molecule has 4 aliphatic rings. The number of carbonyl (C=O) groups is 1. The first kappa shape index (κ1) is 20.7. The third kappa shape index (κ3) is 3.68. The maximum atomic E-state index is 13.6. The van der Waals surface area contributed by atoms with E-state index in [1.165, 1.54) is 16.7 Å². The van der Waals surface area contributed by atoms with Crippen molar-refractivity contribution in [1.82, 2.24) is 14.9 Å². The van der Waals surface area contributed by atoms with Gasteiger partial charge in [0.15, 0.2) is 0 Å². The average molecular weight is 446 g/mol. The van der Waals surface area contributed by atoms with Gasteiger partial charge in [0.25, 0.3) is 0 Å². The third-order valence-corrected chi connectivity index (χ3v) is 7.69. The number of nitrogens with zero attached hydrogens (tertiary/aromatic N) is 5. The molecule has 1 aromatic carbocycles. The molecule has 1 unspecified atom stereocenters. The van der Waals surface area contributed by atoms with E-state index in [0.717, 1.165) is 82.7 Å². The Labute approximate surface area is 195 Å². The fourth-order valence-electron chi connectivity index (χ4n) is 5.81. The number of morpholine rings is 1.